The minimum atomic E-state index is -0.289. The lowest BCUT2D eigenvalue weighted by atomic mass is 9.98. The molecule has 0 saturated heterocycles. The number of benzene rings is 2. The van der Waals surface area contributed by atoms with Crippen LogP contribution in [0.15, 0.2) is 53.2 Å². The molecule has 0 unspecified atom stereocenters. The Balaban J connectivity index is 2.05. The van der Waals surface area contributed by atoms with E-state index in [0.29, 0.717) is 22.8 Å². The first-order chi connectivity index (χ1) is 9.25. The Kier molecular flexibility index (Phi) is 3.13. The standard InChI is InChI=1S/C16H11FOS/c17-15-6-5-14(12-3-1-2-4-13(12)15)16(18)9-11-7-8-19-10-11/h1-8,10H,9H2. The molecule has 0 aliphatic carbocycles. The second-order valence-electron chi connectivity index (χ2n) is 4.37. The van der Waals surface area contributed by atoms with Gasteiger partial charge in [-0.25, -0.2) is 4.39 Å². The number of hydrogen-bond donors (Lipinski definition) is 0. The molecule has 1 aromatic heterocycles. The second-order valence-corrected chi connectivity index (χ2v) is 5.15. The Hall–Kier alpha value is -2.00. The van der Waals surface area contributed by atoms with E-state index in [1.165, 1.54) is 6.07 Å². The highest BCUT2D eigenvalue weighted by atomic mass is 32.1. The highest BCUT2D eigenvalue weighted by molar-refractivity contribution is 7.08. The highest BCUT2D eigenvalue weighted by Crippen LogP contribution is 2.23. The van der Waals surface area contributed by atoms with Gasteiger partial charge in [-0.05, 0) is 39.9 Å². The first-order valence-electron chi connectivity index (χ1n) is 5.97. The van der Waals surface area contributed by atoms with Gasteiger partial charge in [0.1, 0.15) is 5.82 Å². The zero-order chi connectivity index (χ0) is 13.2. The van der Waals surface area contributed by atoms with Crippen molar-refractivity contribution in [2.45, 2.75) is 6.42 Å². The van der Waals surface area contributed by atoms with E-state index in [0.717, 1.165) is 5.56 Å². The predicted octanol–water partition coefficient (Wildman–Crippen LogP) is 4.47. The van der Waals surface area contributed by atoms with Crippen LogP contribution in [0.4, 0.5) is 4.39 Å². The Morgan fingerprint density at radius 2 is 1.84 bits per heavy atom. The third-order valence-electron chi connectivity index (χ3n) is 3.12. The van der Waals surface area contributed by atoms with Crippen molar-refractivity contribution >= 4 is 27.9 Å². The number of Topliss-reactive ketones (excluding diaryl/α,β-unsaturated/α-hetero) is 1. The first-order valence-corrected chi connectivity index (χ1v) is 6.91. The van der Waals surface area contributed by atoms with E-state index in [4.69, 9.17) is 0 Å². The largest absolute Gasteiger partial charge is 0.294 e. The monoisotopic (exact) mass is 270 g/mol. The van der Waals surface area contributed by atoms with Gasteiger partial charge in [-0.3, -0.25) is 4.79 Å². The normalized spacial score (nSPS) is 10.8. The molecule has 0 amide bonds. The Labute approximate surface area is 114 Å². The Morgan fingerprint density at radius 3 is 2.58 bits per heavy atom. The fourth-order valence-corrected chi connectivity index (χ4v) is 2.85. The lowest BCUT2D eigenvalue weighted by molar-refractivity contribution is 0.0994. The number of rotatable bonds is 3. The molecule has 3 aromatic rings. The van der Waals surface area contributed by atoms with Gasteiger partial charge >= 0.3 is 0 Å². The Morgan fingerprint density at radius 1 is 1.05 bits per heavy atom. The van der Waals surface area contributed by atoms with Crippen molar-refractivity contribution in [3.63, 3.8) is 0 Å². The number of hydrogen-bond acceptors (Lipinski definition) is 2. The van der Waals surface area contributed by atoms with Crippen molar-refractivity contribution in [3.05, 3.63) is 70.2 Å². The Bertz CT molecular complexity index is 732. The lowest BCUT2D eigenvalue weighted by Crippen LogP contribution is -2.04. The molecular formula is C16H11FOS. The molecule has 0 atom stereocenters. The predicted molar refractivity (Wildman–Crippen MR) is 76.3 cm³/mol. The van der Waals surface area contributed by atoms with E-state index in [-0.39, 0.29) is 11.6 Å². The molecule has 0 spiro atoms. The molecule has 0 aliphatic rings. The molecule has 0 radical (unpaired) electrons. The molecule has 3 heteroatoms. The fraction of sp³-hybridized carbons (Fsp3) is 0.0625. The maximum atomic E-state index is 13.7. The van der Waals surface area contributed by atoms with Gasteiger partial charge in [-0.2, -0.15) is 11.3 Å². The molecule has 1 nitrogen and oxygen atoms in total. The minimum absolute atomic E-state index is 0.0228. The van der Waals surface area contributed by atoms with Crippen LogP contribution >= 0.6 is 11.3 Å². The molecule has 2 aromatic carbocycles. The van der Waals surface area contributed by atoms with Gasteiger partial charge in [-0.1, -0.05) is 24.3 Å². The molecule has 0 saturated carbocycles. The van der Waals surface area contributed by atoms with Crippen LogP contribution in [-0.2, 0) is 6.42 Å². The second kappa shape index (κ2) is 4.94. The summed E-state index contributed by atoms with van der Waals surface area (Å²) in [5.74, 6) is -0.266. The van der Waals surface area contributed by atoms with E-state index in [1.54, 1.807) is 35.6 Å². The first kappa shape index (κ1) is 12.1. The molecule has 19 heavy (non-hydrogen) atoms. The van der Waals surface area contributed by atoms with Gasteiger partial charge in [0.15, 0.2) is 5.78 Å². The minimum Gasteiger partial charge on any atom is -0.294 e. The summed E-state index contributed by atoms with van der Waals surface area (Å²) in [4.78, 5) is 12.3. The third-order valence-corrected chi connectivity index (χ3v) is 3.85. The number of carbonyl (C=O) groups is 1. The van der Waals surface area contributed by atoms with Crippen molar-refractivity contribution in [2.75, 3.05) is 0 Å². The molecule has 0 aliphatic heterocycles. The van der Waals surface area contributed by atoms with Gasteiger partial charge < -0.3 is 0 Å². The SMILES string of the molecule is O=C(Cc1ccsc1)c1ccc(F)c2ccccc12. The summed E-state index contributed by atoms with van der Waals surface area (Å²) >= 11 is 1.57. The summed E-state index contributed by atoms with van der Waals surface area (Å²) in [5, 5.41) is 5.09. The van der Waals surface area contributed by atoms with E-state index in [2.05, 4.69) is 0 Å². The maximum Gasteiger partial charge on any atom is 0.167 e. The quantitative estimate of drug-likeness (QED) is 0.642. The topological polar surface area (TPSA) is 17.1 Å². The van der Waals surface area contributed by atoms with Gasteiger partial charge in [0.25, 0.3) is 0 Å². The van der Waals surface area contributed by atoms with Crippen LogP contribution in [0.1, 0.15) is 15.9 Å². The van der Waals surface area contributed by atoms with Crippen molar-refractivity contribution < 1.29 is 9.18 Å². The van der Waals surface area contributed by atoms with Crippen LogP contribution in [-0.4, -0.2) is 5.78 Å². The molecule has 1 heterocycles. The van der Waals surface area contributed by atoms with Crippen LogP contribution < -0.4 is 0 Å². The number of carbonyl (C=O) groups excluding carboxylic acids is 1. The van der Waals surface area contributed by atoms with Crippen molar-refractivity contribution in [3.8, 4) is 0 Å². The zero-order valence-electron chi connectivity index (χ0n) is 10.1. The number of halogens is 1. The van der Waals surface area contributed by atoms with Crippen LogP contribution in [0.5, 0.6) is 0 Å². The average Bonchev–Trinajstić information content (AvgIpc) is 2.92. The number of thiophene rings is 1. The molecule has 94 valence electrons. The average molecular weight is 270 g/mol. The summed E-state index contributed by atoms with van der Waals surface area (Å²) in [6.45, 7) is 0. The van der Waals surface area contributed by atoms with E-state index >= 15 is 0 Å². The summed E-state index contributed by atoms with van der Waals surface area (Å²) in [7, 11) is 0. The zero-order valence-corrected chi connectivity index (χ0v) is 10.9. The van der Waals surface area contributed by atoms with Gasteiger partial charge in [-0.15, -0.1) is 0 Å². The van der Waals surface area contributed by atoms with E-state index < -0.39 is 0 Å². The van der Waals surface area contributed by atoms with Gasteiger partial charge in [0.05, 0.1) is 0 Å². The molecular weight excluding hydrogens is 259 g/mol. The van der Waals surface area contributed by atoms with Crippen molar-refractivity contribution in [1.29, 1.82) is 0 Å². The summed E-state index contributed by atoms with van der Waals surface area (Å²) in [6, 6.07) is 12.0. The van der Waals surface area contributed by atoms with Crippen molar-refractivity contribution in [1.82, 2.24) is 0 Å². The summed E-state index contributed by atoms with van der Waals surface area (Å²) in [6.07, 6.45) is 0.360. The fourth-order valence-electron chi connectivity index (χ4n) is 2.18. The van der Waals surface area contributed by atoms with Gasteiger partial charge in [0, 0.05) is 17.4 Å². The van der Waals surface area contributed by atoms with E-state index in [9.17, 15) is 9.18 Å². The highest BCUT2D eigenvalue weighted by Gasteiger charge is 2.12. The third kappa shape index (κ3) is 2.29. The lowest BCUT2D eigenvalue weighted by Gasteiger charge is -2.06. The van der Waals surface area contributed by atoms with E-state index in [1.807, 2.05) is 22.9 Å². The molecule has 3 rings (SSSR count). The molecule has 0 bridgehead atoms. The smallest absolute Gasteiger partial charge is 0.167 e. The van der Waals surface area contributed by atoms with Gasteiger partial charge in [0.2, 0.25) is 0 Å². The molecule has 0 fully saturated rings. The number of fused-ring (bicyclic) bond motifs is 1. The van der Waals surface area contributed by atoms with Crippen molar-refractivity contribution in [2.24, 2.45) is 0 Å². The number of ketones is 1. The van der Waals surface area contributed by atoms with Crippen LogP contribution in [0.3, 0.4) is 0 Å². The van der Waals surface area contributed by atoms with Crippen LogP contribution in [0.25, 0.3) is 10.8 Å². The molecule has 0 N–H and O–H groups in total. The van der Waals surface area contributed by atoms with Crippen LogP contribution in [0, 0.1) is 5.82 Å². The van der Waals surface area contributed by atoms with Crippen LogP contribution in [0.2, 0.25) is 0 Å². The summed E-state index contributed by atoms with van der Waals surface area (Å²) < 4.78 is 13.7. The summed E-state index contributed by atoms with van der Waals surface area (Å²) in [5.41, 5.74) is 1.59. The maximum absolute atomic E-state index is 13.7.